The molecule has 0 aliphatic heterocycles. The van der Waals surface area contributed by atoms with E-state index in [1.165, 1.54) is 16.6 Å². The van der Waals surface area contributed by atoms with Gasteiger partial charge in [-0.1, -0.05) is 35.3 Å². The lowest BCUT2D eigenvalue weighted by Gasteiger charge is -2.07. The molecular formula is C12H7Cl2FN4. The van der Waals surface area contributed by atoms with Gasteiger partial charge in [0.05, 0.1) is 5.56 Å². The van der Waals surface area contributed by atoms with Gasteiger partial charge in [0.25, 0.3) is 5.78 Å². The molecule has 96 valence electrons. The molecule has 3 aromatic rings. The van der Waals surface area contributed by atoms with Gasteiger partial charge in [-0.15, -0.1) is 5.10 Å². The van der Waals surface area contributed by atoms with E-state index >= 15 is 0 Å². The quantitative estimate of drug-likeness (QED) is 0.645. The minimum Gasteiger partial charge on any atom is -0.207 e. The number of nitrogens with zero attached hydrogens (tertiary/aromatic N) is 4. The van der Waals surface area contributed by atoms with E-state index in [0.29, 0.717) is 27.9 Å². The Balaban J connectivity index is 2.31. The summed E-state index contributed by atoms with van der Waals surface area (Å²) < 4.78 is 14.4. The fourth-order valence-corrected chi connectivity index (χ4v) is 2.43. The number of aromatic nitrogens is 4. The van der Waals surface area contributed by atoms with E-state index in [-0.39, 0.29) is 11.0 Å². The van der Waals surface area contributed by atoms with Crippen LogP contribution in [-0.4, -0.2) is 19.6 Å². The van der Waals surface area contributed by atoms with Crippen molar-refractivity contribution in [3.63, 3.8) is 0 Å². The number of halogens is 3. The molecule has 3 rings (SSSR count). The van der Waals surface area contributed by atoms with Gasteiger partial charge >= 0.3 is 0 Å². The van der Waals surface area contributed by atoms with Crippen molar-refractivity contribution in [1.82, 2.24) is 19.6 Å². The van der Waals surface area contributed by atoms with E-state index in [1.54, 1.807) is 19.1 Å². The first-order chi connectivity index (χ1) is 9.06. The van der Waals surface area contributed by atoms with Crippen LogP contribution in [0.25, 0.3) is 16.9 Å². The van der Waals surface area contributed by atoms with Crippen molar-refractivity contribution in [1.29, 1.82) is 0 Å². The van der Waals surface area contributed by atoms with E-state index in [1.807, 2.05) is 0 Å². The molecule has 0 saturated carbocycles. The molecule has 0 fully saturated rings. The van der Waals surface area contributed by atoms with Crippen LogP contribution in [0.3, 0.4) is 0 Å². The third kappa shape index (κ3) is 2.05. The van der Waals surface area contributed by atoms with Crippen molar-refractivity contribution in [3.05, 3.63) is 46.2 Å². The van der Waals surface area contributed by atoms with Gasteiger partial charge in [-0.2, -0.15) is 14.5 Å². The SMILES string of the molecule is Cc1nc2nc(Cl)c(-c3ccc(F)cc3)c(Cl)n2n1. The van der Waals surface area contributed by atoms with Gasteiger partial charge in [-0.05, 0) is 24.6 Å². The van der Waals surface area contributed by atoms with Gasteiger partial charge in [0.1, 0.15) is 21.9 Å². The first kappa shape index (κ1) is 12.3. The number of hydrogen-bond acceptors (Lipinski definition) is 3. The summed E-state index contributed by atoms with van der Waals surface area (Å²) in [4.78, 5) is 8.23. The van der Waals surface area contributed by atoms with E-state index in [0.717, 1.165) is 0 Å². The molecule has 2 aromatic heterocycles. The van der Waals surface area contributed by atoms with Crippen molar-refractivity contribution in [3.8, 4) is 11.1 Å². The highest BCUT2D eigenvalue weighted by molar-refractivity contribution is 6.38. The average Bonchev–Trinajstić information content (AvgIpc) is 2.72. The molecule has 0 saturated heterocycles. The lowest BCUT2D eigenvalue weighted by molar-refractivity contribution is 0.628. The Hall–Kier alpha value is -1.72. The van der Waals surface area contributed by atoms with Crippen LogP contribution in [0.4, 0.5) is 4.39 Å². The Morgan fingerprint density at radius 1 is 1.11 bits per heavy atom. The fourth-order valence-electron chi connectivity index (χ4n) is 1.80. The Morgan fingerprint density at radius 3 is 2.47 bits per heavy atom. The topological polar surface area (TPSA) is 43.1 Å². The zero-order valence-corrected chi connectivity index (χ0v) is 11.2. The highest BCUT2D eigenvalue weighted by Gasteiger charge is 2.16. The van der Waals surface area contributed by atoms with Crippen molar-refractivity contribution >= 4 is 29.0 Å². The summed E-state index contributed by atoms with van der Waals surface area (Å²) in [5, 5.41) is 4.63. The second-order valence-corrected chi connectivity index (χ2v) is 4.66. The highest BCUT2D eigenvalue weighted by Crippen LogP contribution is 2.33. The van der Waals surface area contributed by atoms with E-state index in [4.69, 9.17) is 23.2 Å². The van der Waals surface area contributed by atoms with Crippen LogP contribution < -0.4 is 0 Å². The maximum Gasteiger partial charge on any atom is 0.255 e. The second-order valence-electron chi connectivity index (χ2n) is 3.95. The van der Waals surface area contributed by atoms with Gasteiger partial charge < -0.3 is 0 Å². The molecule has 0 unspecified atom stereocenters. The van der Waals surface area contributed by atoms with Gasteiger partial charge in [-0.25, -0.2) is 4.39 Å². The molecule has 1 aromatic carbocycles. The molecule has 7 heteroatoms. The molecule has 2 heterocycles. The molecule has 0 bridgehead atoms. The van der Waals surface area contributed by atoms with Gasteiger partial charge in [0.15, 0.2) is 0 Å². The molecule has 0 amide bonds. The van der Waals surface area contributed by atoms with Crippen molar-refractivity contribution in [2.75, 3.05) is 0 Å². The summed E-state index contributed by atoms with van der Waals surface area (Å²) in [6.07, 6.45) is 0. The number of hydrogen-bond donors (Lipinski definition) is 0. The molecule has 0 aliphatic carbocycles. The summed E-state index contributed by atoms with van der Waals surface area (Å²) in [5.74, 6) is 0.543. The molecule has 0 atom stereocenters. The second kappa shape index (κ2) is 4.43. The number of fused-ring (bicyclic) bond motifs is 1. The molecule has 0 spiro atoms. The lowest BCUT2D eigenvalue weighted by Crippen LogP contribution is -1.97. The smallest absolute Gasteiger partial charge is 0.207 e. The maximum absolute atomic E-state index is 13.0. The van der Waals surface area contributed by atoms with Crippen LogP contribution in [-0.2, 0) is 0 Å². The third-order valence-electron chi connectivity index (χ3n) is 2.63. The normalized spacial score (nSPS) is 11.2. The van der Waals surface area contributed by atoms with Gasteiger partial charge in [0, 0.05) is 0 Å². The summed E-state index contributed by atoms with van der Waals surface area (Å²) in [6.45, 7) is 1.73. The monoisotopic (exact) mass is 296 g/mol. The fraction of sp³-hybridized carbons (Fsp3) is 0.0833. The Labute approximate surface area is 117 Å². The highest BCUT2D eigenvalue weighted by atomic mass is 35.5. The molecule has 0 N–H and O–H groups in total. The Kier molecular flexibility index (Phi) is 2.88. The summed E-state index contributed by atoms with van der Waals surface area (Å²) in [7, 11) is 0. The molecular weight excluding hydrogens is 290 g/mol. The summed E-state index contributed by atoms with van der Waals surface area (Å²) in [5.41, 5.74) is 1.17. The third-order valence-corrected chi connectivity index (χ3v) is 3.25. The standard InChI is InChI=1S/C12H7Cl2FN4/c1-6-16-12-17-10(13)9(11(14)19(12)18-6)7-2-4-8(15)5-3-7/h2-5H,1H3. The van der Waals surface area contributed by atoms with Crippen LogP contribution in [0.2, 0.25) is 10.3 Å². The number of aryl methyl sites for hydroxylation is 1. The molecule has 19 heavy (non-hydrogen) atoms. The van der Waals surface area contributed by atoms with Crippen molar-refractivity contribution < 1.29 is 4.39 Å². The number of rotatable bonds is 1. The van der Waals surface area contributed by atoms with Crippen LogP contribution in [0.5, 0.6) is 0 Å². The van der Waals surface area contributed by atoms with Crippen LogP contribution >= 0.6 is 23.2 Å². The van der Waals surface area contributed by atoms with Crippen molar-refractivity contribution in [2.45, 2.75) is 6.92 Å². The predicted octanol–water partition coefficient (Wildman–Crippen LogP) is 3.55. The van der Waals surface area contributed by atoms with Crippen LogP contribution in [0.15, 0.2) is 24.3 Å². The predicted molar refractivity (Wildman–Crippen MR) is 70.9 cm³/mol. The lowest BCUT2D eigenvalue weighted by atomic mass is 10.1. The number of benzene rings is 1. The summed E-state index contributed by atoms with van der Waals surface area (Å²) in [6, 6.07) is 5.83. The maximum atomic E-state index is 13.0. The van der Waals surface area contributed by atoms with E-state index < -0.39 is 0 Å². The largest absolute Gasteiger partial charge is 0.255 e. The molecule has 4 nitrogen and oxygen atoms in total. The molecule has 0 aliphatic rings. The Bertz CT molecular complexity index is 767. The van der Waals surface area contributed by atoms with E-state index in [2.05, 4.69) is 15.1 Å². The van der Waals surface area contributed by atoms with Crippen LogP contribution in [0.1, 0.15) is 5.82 Å². The van der Waals surface area contributed by atoms with Gasteiger partial charge in [-0.3, -0.25) is 0 Å². The van der Waals surface area contributed by atoms with Crippen LogP contribution in [0, 0.1) is 12.7 Å². The first-order valence-electron chi connectivity index (χ1n) is 5.40. The minimum absolute atomic E-state index is 0.205. The van der Waals surface area contributed by atoms with Crippen molar-refractivity contribution in [2.24, 2.45) is 0 Å². The molecule has 0 radical (unpaired) electrons. The Morgan fingerprint density at radius 2 is 1.79 bits per heavy atom. The summed E-state index contributed by atoms with van der Waals surface area (Å²) >= 11 is 12.4. The van der Waals surface area contributed by atoms with E-state index in [9.17, 15) is 4.39 Å². The minimum atomic E-state index is -0.332. The zero-order valence-electron chi connectivity index (χ0n) is 9.73. The van der Waals surface area contributed by atoms with Gasteiger partial charge in [0.2, 0.25) is 0 Å². The zero-order chi connectivity index (χ0) is 13.6. The first-order valence-corrected chi connectivity index (χ1v) is 6.16. The average molecular weight is 297 g/mol.